The Morgan fingerprint density at radius 1 is 1.09 bits per heavy atom. The lowest BCUT2D eigenvalue weighted by molar-refractivity contribution is -0.346. The summed E-state index contributed by atoms with van der Waals surface area (Å²) in [7, 11) is 0. The third-order valence-corrected chi connectivity index (χ3v) is 6.80. The number of aliphatic hydroxyl groups excluding tert-OH is 3. The van der Waals surface area contributed by atoms with Crippen molar-refractivity contribution in [3.63, 3.8) is 0 Å². The van der Waals surface area contributed by atoms with Crippen LogP contribution in [0.2, 0.25) is 0 Å². The molecule has 0 aromatic heterocycles. The molecule has 1 saturated heterocycles. The molecule has 1 aromatic rings. The molecule has 4 rings (SSSR count). The highest BCUT2D eigenvalue weighted by Crippen LogP contribution is 2.49. The fraction of sp³-hybridized carbons (Fsp3) is 0.565. The van der Waals surface area contributed by atoms with Gasteiger partial charge in [0.2, 0.25) is 6.29 Å². The first-order chi connectivity index (χ1) is 16.5. The van der Waals surface area contributed by atoms with Crippen LogP contribution in [0.3, 0.4) is 0 Å². The first kappa shape index (κ1) is 25.4. The van der Waals surface area contributed by atoms with E-state index in [0.29, 0.717) is 12.8 Å². The van der Waals surface area contributed by atoms with Crippen molar-refractivity contribution in [2.45, 2.75) is 62.4 Å². The van der Waals surface area contributed by atoms with Crippen molar-refractivity contribution in [2.75, 3.05) is 6.61 Å². The smallest absolute Gasteiger partial charge is 0.338 e. The molecule has 1 aliphatic carbocycles. The van der Waals surface area contributed by atoms with Crippen molar-refractivity contribution < 1.29 is 59.2 Å². The summed E-state index contributed by atoms with van der Waals surface area (Å²) in [5.74, 6) is -3.36. The van der Waals surface area contributed by atoms with Gasteiger partial charge in [-0.3, -0.25) is 0 Å². The van der Waals surface area contributed by atoms with Gasteiger partial charge in [0.1, 0.15) is 36.8 Å². The predicted molar refractivity (Wildman–Crippen MR) is 114 cm³/mol. The van der Waals surface area contributed by atoms with Crippen LogP contribution in [0.5, 0.6) is 5.75 Å². The number of phenols is 1. The summed E-state index contributed by atoms with van der Waals surface area (Å²) in [6.07, 6.45) is -7.40. The first-order valence-corrected chi connectivity index (χ1v) is 11.1. The maximum Gasteiger partial charge on any atom is 0.338 e. The summed E-state index contributed by atoms with van der Waals surface area (Å²) in [6.45, 7) is 1.04. The van der Waals surface area contributed by atoms with Crippen LogP contribution in [0, 0.1) is 11.8 Å². The Bertz CT molecular complexity index is 973. The Labute approximate surface area is 199 Å². The van der Waals surface area contributed by atoms with Gasteiger partial charge in [0.25, 0.3) is 0 Å². The monoisotopic (exact) mass is 496 g/mol. The van der Waals surface area contributed by atoms with E-state index in [-0.39, 0.29) is 16.9 Å². The average Bonchev–Trinajstić information content (AvgIpc) is 3.14. The van der Waals surface area contributed by atoms with Gasteiger partial charge in [-0.05, 0) is 44.0 Å². The second kappa shape index (κ2) is 9.72. The van der Waals surface area contributed by atoms with Gasteiger partial charge in [0.05, 0.1) is 28.9 Å². The highest BCUT2D eigenvalue weighted by Gasteiger charge is 2.56. The number of carboxylic acids is 1. The number of aliphatic hydroxyl groups is 4. The average molecular weight is 496 g/mol. The molecule has 0 radical (unpaired) electrons. The number of fused-ring (bicyclic) bond motifs is 1. The minimum Gasteiger partial charge on any atom is -0.508 e. The number of carbonyl (C=O) groups excluding carboxylic acids is 1. The lowest BCUT2D eigenvalue weighted by Crippen LogP contribution is -2.61. The molecule has 192 valence electrons. The molecule has 12 heteroatoms. The van der Waals surface area contributed by atoms with Gasteiger partial charge in [0.15, 0.2) is 6.29 Å². The zero-order valence-electron chi connectivity index (χ0n) is 18.8. The zero-order chi connectivity index (χ0) is 25.5. The maximum atomic E-state index is 12.2. The van der Waals surface area contributed by atoms with E-state index >= 15 is 0 Å². The number of benzene rings is 1. The zero-order valence-corrected chi connectivity index (χ0v) is 18.8. The molecule has 35 heavy (non-hydrogen) atoms. The molecule has 9 atom stereocenters. The molecular weight excluding hydrogens is 468 g/mol. The number of rotatable bonds is 6. The van der Waals surface area contributed by atoms with E-state index < -0.39 is 73.0 Å². The minimum atomic E-state index is -1.72. The SMILES string of the molecule is C[C@]1(O)CC[C@@H]2C(C(=O)O)=CO[C@@H](O[C@@H]3O[C@H](COC(=O)c4ccc(O)cc4)[C@@H](O)[C@H](O)[C@H]3O)[C@@H]21. The van der Waals surface area contributed by atoms with Gasteiger partial charge in [0, 0.05) is 5.92 Å². The highest BCUT2D eigenvalue weighted by molar-refractivity contribution is 5.89. The molecule has 1 saturated carbocycles. The molecule has 0 spiro atoms. The van der Waals surface area contributed by atoms with Gasteiger partial charge in [-0.1, -0.05) is 0 Å². The molecule has 12 nitrogen and oxygen atoms in total. The Hall–Kier alpha value is -2.74. The second-order valence-electron chi connectivity index (χ2n) is 9.21. The summed E-state index contributed by atoms with van der Waals surface area (Å²) in [4.78, 5) is 23.8. The summed E-state index contributed by atoms with van der Waals surface area (Å²) >= 11 is 0. The van der Waals surface area contributed by atoms with Crippen LogP contribution in [0.15, 0.2) is 36.1 Å². The van der Waals surface area contributed by atoms with Crippen molar-refractivity contribution in [3.05, 3.63) is 41.7 Å². The van der Waals surface area contributed by atoms with E-state index in [1.54, 1.807) is 0 Å². The molecule has 3 aliphatic rings. The van der Waals surface area contributed by atoms with Crippen molar-refractivity contribution in [1.29, 1.82) is 0 Å². The number of hydrogen-bond donors (Lipinski definition) is 6. The number of aliphatic carboxylic acids is 1. The molecule has 6 N–H and O–H groups in total. The number of hydrogen-bond acceptors (Lipinski definition) is 11. The third kappa shape index (κ3) is 4.99. The van der Waals surface area contributed by atoms with E-state index in [2.05, 4.69) is 0 Å². The van der Waals surface area contributed by atoms with Crippen LogP contribution in [0.25, 0.3) is 0 Å². The topological polar surface area (TPSA) is 192 Å². The van der Waals surface area contributed by atoms with Gasteiger partial charge in [-0.25, -0.2) is 9.59 Å². The van der Waals surface area contributed by atoms with Crippen LogP contribution < -0.4 is 0 Å². The predicted octanol–water partition coefficient (Wildman–Crippen LogP) is -0.525. The maximum absolute atomic E-state index is 12.2. The van der Waals surface area contributed by atoms with Crippen molar-refractivity contribution in [3.8, 4) is 5.75 Å². The van der Waals surface area contributed by atoms with Crippen LogP contribution in [0.4, 0.5) is 0 Å². The molecule has 0 bridgehead atoms. The Morgan fingerprint density at radius 3 is 2.43 bits per heavy atom. The number of carbonyl (C=O) groups is 2. The lowest BCUT2D eigenvalue weighted by atomic mass is 9.81. The molecule has 2 aliphatic heterocycles. The number of esters is 1. The van der Waals surface area contributed by atoms with Crippen LogP contribution in [-0.2, 0) is 23.7 Å². The van der Waals surface area contributed by atoms with Gasteiger partial charge in [-0.2, -0.15) is 0 Å². The fourth-order valence-corrected chi connectivity index (χ4v) is 4.83. The Kier molecular flexibility index (Phi) is 7.04. The van der Waals surface area contributed by atoms with Crippen LogP contribution >= 0.6 is 0 Å². The lowest BCUT2D eigenvalue weighted by Gasteiger charge is -2.44. The number of phenolic OH excluding ortho intramolecular Hbond substituents is 1. The standard InChI is InChI=1S/C23H28O12/c1-23(31)7-6-12-13(19(28)29)8-33-21(15(12)23)35-22-18(27)17(26)16(25)14(34-22)9-32-20(30)10-2-4-11(24)5-3-10/h2-5,8,12,14-18,21-22,24-27,31H,6-7,9H2,1H3,(H,28,29)/t12-,14-,15-,16-,17+,18-,21+,22+,23+/m1/s1. The Balaban J connectivity index is 1.46. The van der Waals surface area contributed by atoms with E-state index in [0.717, 1.165) is 6.26 Å². The van der Waals surface area contributed by atoms with Crippen LogP contribution in [-0.4, -0.2) is 91.8 Å². The van der Waals surface area contributed by atoms with Gasteiger partial charge >= 0.3 is 11.9 Å². The quantitative estimate of drug-likeness (QED) is 0.276. The highest BCUT2D eigenvalue weighted by atomic mass is 16.8. The molecule has 0 unspecified atom stereocenters. The van der Waals surface area contributed by atoms with Gasteiger partial charge < -0.3 is 49.6 Å². The molecular formula is C23H28O12. The second-order valence-corrected chi connectivity index (χ2v) is 9.21. The third-order valence-electron chi connectivity index (χ3n) is 6.80. The van der Waals surface area contributed by atoms with E-state index in [4.69, 9.17) is 18.9 Å². The van der Waals surface area contributed by atoms with Gasteiger partial charge in [-0.15, -0.1) is 0 Å². The largest absolute Gasteiger partial charge is 0.508 e. The normalized spacial score (nSPS) is 38.7. The summed E-state index contributed by atoms with van der Waals surface area (Å²) in [6, 6.07) is 5.27. The fourth-order valence-electron chi connectivity index (χ4n) is 4.83. The van der Waals surface area contributed by atoms with E-state index in [1.807, 2.05) is 0 Å². The molecule has 0 amide bonds. The molecule has 2 fully saturated rings. The minimum absolute atomic E-state index is 0.00721. The molecule has 1 aromatic carbocycles. The van der Waals surface area contributed by atoms with Crippen LogP contribution in [0.1, 0.15) is 30.1 Å². The van der Waals surface area contributed by atoms with E-state index in [1.165, 1.54) is 31.2 Å². The number of aromatic hydroxyl groups is 1. The van der Waals surface area contributed by atoms with E-state index in [9.17, 15) is 40.2 Å². The van der Waals surface area contributed by atoms with Crippen molar-refractivity contribution in [2.24, 2.45) is 11.8 Å². The summed E-state index contributed by atoms with van der Waals surface area (Å²) in [5.41, 5.74) is -1.21. The number of carboxylic acid groups (broad SMARTS) is 1. The summed E-state index contributed by atoms with van der Waals surface area (Å²) in [5, 5.41) is 60.7. The number of ether oxygens (including phenoxy) is 4. The molecule has 2 heterocycles. The first-order valence-electron chi connectivity index (χ1n) is 11.1. The summed E-state index contributed by atoms with van der Waals surface area (Å²) < 4.78 is 21.9. The van der Waals surface area contributed by atoms with Crippen molar-refractivity contribution in [1.82, 2.24) is 0 Å². The van der Waals surface area contributed by atoms with Crippen molar-refractivity contribution >= 4 is 11.9 Å². The Morgan fingerprint density at radius 2 is 1.77 bits per heavy atom.